The maximum atomic E-state index is 6.09. The quantitative estimate of drug-likeness (QED) is 0.738. The van der Waals surface area contributed by atoms with Crippen LogP contribution < -0.4 is 5.32 Å². The van der Waals surface area contributed by atoms with Crippen molar-refractivity contribution in [3.8, 4) is 0 Å². The smallest absolute Gasteiger partial charge is 0.0834 e. The summed E-state index contributed by atoms with van der Waals surface area (Å²) in [6, 6.07) is 2.56. The molecule has 1 aliphatic carbocycles. The van der Waals surface area contributed by atoms with E-state index in [0.717, 1.165) is 13.0 Å². The van der Waals surface area contributed by atoms with E-state index in [1.165, 1.54) is 47.9 Å². The number of ether oxygens (including phenoxy) is 1. The number of halogens is 1. The van der Waals surface area contributed by atoms with Gasteiger partial charge in [0.05, 0.1) is 5.60 Å². The summed E-state index contributed by atoms with van der Waals surface area (Å²) in [5.74, 6) is 0. The lowest BCUT2D eigenvalue weighted by atomic mass is 9.84. The van der Waals surface area contributed by atoms with Crippen LogP contribution in [0.25, 0.3) is 0 Å². The molecular weight excluding hydrogens is 334 g/mol. The molecule has 114 valence electrons. The van der Waals surface area contributed by atoms with Crippen molar-refractivity contribution in [3.63, 3.8) is 0 Å². The van der Waals surface area contributed by atoms with E-state index in [2.05, 4.69) is 39.6 Å². The van der Waals surface area contributed by atoms with Crippen molar-refractivity contribution in [1.82, 2.24) is 5.32 Å². The maximum absolute atomic E-state index is 6.09. The second-order valence-electron chi connectivity index (χ2n) is 5.69. The van der Waals surface area contributed by atoms with Gasteiger partial charge in [-0.15, -0.1) is 11.3 Å². The van der Waals surface area contributed by atoms with Crippen LogP contribution in [0.5, 0.6) is 0 Å². The Morgan fingerprint density at radius 3 is 2.55 bits per heavy atom. The van der Waals surface area contributed by atoms with Gasteiger partial charge in [-0.2, -0.15) is 0 Å². The lowest BCUT2D eigenvalue weighted by Gasteiger charge is -2.40. The summed E-state index contributed by atoms with van der Waals surface area (Å²) in [6.07, 6.45) is 8.72. The molecule has 1 N–H and O–H groups in total. The first kappa shape index (κ1) is 16.5. The Hall–Kier alpha value is 0.1000. The largest absolute Gasteiger partial charge is 0.377 e. The predicted molar refractivity (Wildman–Crippen MR) is 90.6 cm³/mol. The summed E-state index contributed by atoms with van der Waals surface area (Å²) in [5, 5.41) is 5.86. The third kappa shape index (κ3) is 3.85. The molecule has 1 saturated carbocycles. The highest BCUT2D eigenvalue weighted by atomic mass is 79.9. The lowest BCUT2D eigenvalue weighted by molar-refractivity contribution is -0.0521. The van der Waals surface area contributed by atoms with E-state index in [0.29, 0.717) is 6.04 Å². The Bertz CT molecular complexity index is 399. The molecule has 0 aromatic carbocycles. The molecule has 1 heterocycles. The molecule has 1 aromatic heterocycles. The molecule has 1 aromatic rings. The molecule has 4 heteroatoms. The normalized spacial score (nSPS) is 20.6. The Morgan fingerprint density at radius 2 is 2.05 bits per heavy atom. The van der Waals surface area contributed by atoms with Gasteiger partial charge in [-0.1, -0.05) is 32.6 Å². The first-order chi connectivity index (χ1) is 9.72. The fourth-order valence-electron chi connectivity index (χ4n) is 3.37. The Balaban J connectivity index is 2.17. The number of hydrogen-bond acceptors (Lipinski definition) is 3. The van der Waals surface area contributed by atoms with Crippen molar-refractivity contribution in [2.45, 2.75) is 63.5 Å². The van der Waals surface area contributed by atoms with E-state index in [-0.39, 0.29) is 5.60 Å². The van der Waals surface area contributed by atoms with Gasteiger partial charge in [0.1, 0.15) is 0 Å². The van der Waals surface area contributed by atoms with Crippen LogP contribution in [0.2, 0.25) is 0 Å². The SMILES string of the molecule is CCNC(Cc1sccc1Br)C1(OC)CCCCCC1. The van der Waals surface area contributed by atoms with Crippen molar-refractivity contribution in [2.75, 3.05) is 13.7 Å². The summed E-state index contributed by atoms with van der Waals surface area (Å²) < 4.78 is 7.33. The van der Waals surface area contributed by atoms with Crippen molar-refractivity contribution in [2.24, 2.45) is 0 Å². The van der Waals surface area contributed by atoms with Crippen LogP contribution in [0.4, 0.5) is 0 Å². The maximum Gasteiger partial charge on any atom is 0.0834 e. The molecule has 2 rings (SSSR count). The topological polar surface area (TPSA) is 21.3 Å². The Morgan fingerprint density at radius 1 is 1.35 bits per heavy atom. The molecule has 0 radical (unpaired) electrons. The highest BCUT2D eigenvalue weighted by Crippen LogP contribution is 2.36. The average molecular weight is 360 g/mol. The minimum Gasteiger partial charge on any atom is -0.377 e. The minimum absolute atomic E-state index is 0.00986. The molecular formula is C16H26BrNOS. The van der Waals surface area contributed by atoms with E-state index >= 15 is 0 Å². The Kier molecular flexibility index (Phi) is 6.53. The van der Waals surface area contributed by atoms with Gasteiger partial charge in [0, 0.05) is 28.9 Å². The van der Waals surface area contributed by atoms with E-state index in [1.54, 1.807) is 0 Å². The highest BCUT2D eigenvalue weighted by Gasteiger charge is 2.39. The molecule has 0 aliphatic heterocycles. The average Bonchev–Trinajstić information content (AvgIpc) is 2.73. The van der Waals surface area contributed by atoms with Gasteiger partial charge in [0.2, 0.25) is 0 Å². The van der Waals surface area contributed by atoms with Crippen LogP contribution >= 0.6 is 27.3 Å². The van der Waals surface area contributed by atoms with Crippen LogP contribution in [-0.2, 0) is 11.2 Å². The molecule has 1 unspecified atom stereocenters. The molecule has 0 saturated heterocycles. The van der Waals surface area contributed by atoms with Gasteiger partial charge in [-0.3, -0.25) is 0 Å². The lowest BCUT2D eigenvalue weighted by Crippen LogP contribution is -2.53. The number of hydrogen-bond donors (Lipinski definition) is 1. The summed E-state index contributed by atoms with van der Waals surface area (Å²) >= 11 is 5.51. The van der Waals surface area contributed by atoms with E-state index < -0.39 is 0 Å². The third-order valence-corrected chi connectivity index (χ3v) is 6.47. The molecule has 20 heavy (non-hydrogen) atoms. The number of likely N-dealkylation sites (N-methyl/N-ethyl adjacent to an activating group) is 1. The molecule has 2 nitrogen and oxygen atoms in total. The zero-order chi connectivity index (χ0) is 14.4. The van der Waals surface area contributed by atoms with Crippen LogP contribution in [0.3, 0.4) is 0 Å². The van der Waals surface area contributed by atoms with Crippen molar-refractivity contribution in [1.29, 1.82) is 0 Å². The second kappa shape index (κ2) is 7.92. The number of methoxy groups -OCH3 is 1. The number of thiophene rings is 1. The van der Waals surface area contributed by atoms with E-state index in [4.69, 9.17) is 4.74 Å². The van der Waals surface area contributed by atoms with Gasteiger partial charge < -0.3 is 10.1 Å². The molecule has 1 fully saturated rings. The van der Waals surface area contributed by atoms with Crippen molar-refractivity contribution in [3.05, 3.63) is 20.8 Å². The fraction of sp³-hybridized carbons (Fsp3) is 0.750. The first-order valence-corrected chi connectivity index (χ1v) is 9.39. The third-order valence-electron chi connectivity index (χ3n) is 4.52. The molecule has 1 atom stereocenters. The zero-order valence-corrected chi connectivity index (χ0v) is 15.0. The first-order valence-electron chi connectivity index (χ1n) is 7.72. The predicted octanol–water partition coefficient (Wildman–Crippen LogP) is 4.77. The Labute approximate surface area is 135 Å². The second-order valence-corrected chi connectivity index (χ2v) is 7.54. The fourth-order valence-corrected chi connectivity index (χ4v) is 4.93. The van der Waals surface area contributed by atoms with E-state index in [9.17, 15) is 0 Å². The summed E-state index contributed by atoms with van der Waals surface area (Å²) in [4.78, 5) is 1.43. The van der Waals surface area contributed by atoms with Gasteiger partial charge >= 0.3 is 0 Å². The summed E-state index contributed by atoms with van der Waals surface area (Å²) in [7, 11) is 1.90. The van der Waals surface area contributed by atoms with Crippen molar-refractivity contribution < 1.29 is 4.74 Å². The minimum atomic E-state index is 0.00986. The van der Waals surface area contributed by atoms with Crippen LogP contribution in [0.1, 0.15) is 50.3 Å². The number of rotatable bonds is 6. The molecule has 0 amide bonds. The van der Waals surface area contributed by atoms with Crippen LogP contribution in [-0.4, -0.2) is 25.3 Å². The van der Waals surface area contributed by atoms with Gasteiger partial charge in [0.15, 0.2) is 0 Å². The van der Waals surface area contributed by atoms with Crippen molar-refractivity contribution >= 4 is 27.3 Å². The van der Waals surface area contributed by atoms with E-state index in [1.807, 2.05) is 18.4 Å². The molecule has 0 bridgehead atoms. The van der Waals surface area contributed by atoms with Gasteiger partial charge in [-0.25, -0.2) is 0 Å². The highest BCUT2D eigenvalue weighted by molar-refractivity contribution is 9.10. The standard InChI is InChI=1S/C16H26BrNOS/c1-3-18-15(12-14-13(17)8-11-20-14)16(19-2)9-6-4-5-7-10-16/h8,11,15,18H,3-7,9-10,12H2,1-2H3. The van der Waals surface area contributed by atoms with Crippen LogP contribution in [0.15, 0.2) is 15.9 Å². The monoisotopic (exact) mass is 359 g/mol. The zero-order valence-electron chi connectivity index (χ0n) is 12.6. The summed E-state index contributed by atoms with van der Waals surface area (Å²) in [6.45, 7) is 3.19. The van der Waals surface area contributed by atoms with Crippen LogP contribution in [0, 0.1) is 0 Å². The number of nitrogens with one attached hydrogen (secondary N) is 1. The van der Waals surface area contributed by atoms with Gasteiger partial charge in [0.25, 0.3) is 0 Å². The molecule has 0 spiro atoms. The molecule has 1 aliphatic rings. The van der Waals surface area contributed by atoms with Gasteiger partial charge in [-0.05, 0) is 46.8 Å². The summed E-state index contributed by atoms with van der Waals surface area (Å²) in [5.41, 5.74) is 0.00986.